The van der Waals surface area contributed by atoms with E-state index in [1.807, 2.05) is 0 Å². The second kappa shape index (κ2) is 13.3. The van der Waals surface area contributed by atoms with Crippen LogP contribution in [0.4, 0.5) is 17.1 Å². The zero-order valence-electron chi connectivity index (χ0n) is 33.7. The van der Waals surface area contributed by atoms with Gasteiger partial charge in [-0.05, 0) is 142 Å². The van der Waals surface area contributed by atoms with Crippen molar-refractivity contribution in [2.45, 2.75) is 19.3 Å². The minimum Gasteiger partial charge on any atom is -0.310 e. The Hall–Kier alpha value is -7.48. The molecule has 1 aliphatic carbocycles. The highest BCUT2D eigenvalue weighted by molar-refractivity contribution is 6.26. The van der Waals surface area contributed by atoms with Gasteiger partial charge < -0.3 is 4.90 Å². The van der Waals surface area contributed by atoms with Crippen LogP contribution in [0.3, 0.4) is 0 Å². The number of fused-ring (bicyclic) bond motifs is 10. The second-order valence-electron chi connectivity index (χ2n) is 16.8. The summed E-state index contributed by atoms with van der Waals surface area (Å²) in [6.07, 6.45) is 0. The van der Waals surface area contributed by atoms with Gasteiger partial charge in [-0.25, -0.2) is 0 Å². The van der Waals surface area contributed by atoms with Crippen LogP contribution in [-0.2, 0) is 5.41 Å². The minimum absolute atomic E-state index is 0.220. The Morgan fingerprint density at radius 3 is 1.58 bits per heavy atom. The van der Waals surface area contributed by atoms with Crippen molar-refractivity contribution in [1.82, 2.24) is 0 Å². The molecule has 0 amide bonds. The van der Waals surface area contributed by atoms with Gasteiger partial charge in [0.1, 0.15) is 0 Å². The van der Waals surface area contributed by atoms with Gasteiger partial charge in [0.05, 0.1) is 5.69 Å². The van der Waals surface area contributed by atoms with Crippen LogP contribution in [0.2, 0.25) is 0 Å². The van der Waals surface area contributed by atoms with Crippen LogP contribution in [0.25, 0.3) is 87.2 Å². The minimum atomic E-state index is -0.220. The van der Waals surface area contributed by atoms with Crippen LogP contribution in [-0.4, -0.2) is 0 Å². The highest BCUT2D eigenvalue weighted by atomic mass is 15.1. The van der Waals surface area contributed by atoms with E-state index < -0.39 is 0 Å². The number of hydrogen-bond acceptors (Lipinski definition) is 1. The second-order valence-corrected chi connectivity index (χ2v) is 16.8. The molecular formula is C59H41N. The monoisotopic (exact) mass is 763 g/mol. The van der Waals surface area contributed by atoms with E-state index in [1.54, 1.807) is 0 Å². The average molecular weight is 764 g/mol. The highest BCUT2D eigenvalue weighted by Crippen LogP contribution is 2.53. The summed E-state index contributed by atoms with van der Waals surface area (Å²) in [6, 6.07) is 78.7. The van der Waals surface area contributed by atoms with E-state index in [1.165, 1.54) is 104 Å². The molecule has 0 aliphatic heterocycles. The van der Waals surface area contributed by atoms with Crippen LogP contribution in [0.5, 0.6) is 0 Å². The molecule has 11 aromatic carbocycles. The lowest BCUT2D eigenvalue weighted by Crippen LogP contribution is -2.16. The maximum Gasteiger partial charge on any atom is 0.0540 e. The first-order valence-corrected chi connectivity index (χ1v) is 21.0. The first kappa shape index (κ1) is 34.6. The van der Waals surface area contributed by atoms with Crippen molar-refractivity contribution in [1.29, 1.82) is 0 Å². The molecule has 11 aromatic rings. The summed E-state index contributed by atoms with van der Waals surface area (Å²) in [5.74, 6) is 0. The third kappa shape index (κ3) is 5.19. The van der Waals surface area contributed by atoms with E-state index in [0.29, 0.717) is 0 Å². The van der Waals surface area contributed by atoms with Gasteiger partial charge in [0.15, 0.2) is 0 Å². The van der Waals surface area contributed by atoms with Gasteiger partial charge >= 0.3 is 0 Å². The van der Waals surface area contributed by atoms with Gasteiger partial charge in [-0.2, -0.15) is 0 Å². The summed E-state index contributed by atoms with van der Waals surface area (Å²) in [7, 11) is 0. The normalized spacial score (nSPS) is 13.0. The van der Waals surface area contributed by atoms with Crippen LogP contribution in [0.15, 0.2) is 212 Å². The smallest absolute Gasteiger partial charge is 0.0540 e. The molecule has 0 N–H and O–H groups in total. The molecule has 0 heterocycles. The first-order valence-electron chi connectivity index (χ1n) is 21.0. The Kier molecular flexibility index (Phi) is 7.65. The van der Waals surface area contributed by atoms with Gasteiger partial charge in [0, 0.05) is 22.2 Å². The molecule has 0 spiro atoms. The van der Waals surface area contributed by atoms with Crippen LogP contribution in [0.1, 0.15) is 25.0 Å². The molecule has 0 atom stereocenters. The predicted octanol–water partition coefficient (Wildman–Crippen LogP) is 16.6. The van der Waals surface area contributed by atoms with Crippen LogP contribution in [0, 0.1) is 0 Å². The fourth-order valence-corrected chi connectivity index (χ4v) is 10.3. The lowest BCUT2D eigenvalue weighted by molar-refractivity contribution is 0.660. The summed E-state index contributed by atoms with van der Waals surface area (Å²) in [6.45, 7) is 4.80. The molecule has 1 aliphatic rings. The Morgan fingerprint density at radius 2 is 0.850 bits per heavy atom. The summed E-state index contributed by atoms with van der Waals surface area (Å²) in [5.41, 5.74) is 13.6. The Bertz CT molecular complexity index is 3510. The zero-order chi connectivity index (χ0) is 40.0. The van der Waals surface area contributed by atoms with Crippen LogP contribution >= 0.6 is 0 Å². The SMILES string of the molecule is CC1(C)c2cc(-c3cc4cc(-c5cccc6ccccc56)c5ccccc5c4c4ccccc34)ccc2-c2ccc(N(c3ccccc3)c3cccc4ccccc34)cc21. The van der Waals surface area contributed by atoms with Crippen molar-refractivity contribution in [3.8, 4) is 33.4 Å². The van der Waals surface area contributed by atoms with E-state index in [2.05, 4.69) is 231 Å². The van der Waals surface area contributed by atoms with Crippen molar-refractivity contribution < 1.29 is 0 Å². The van der Waals surface area contributed by atoms with Gasteiger partial charge in [-0.15, -0.1) is 0 Å². The van der Waals surface area contributed by atoms with Crippen LogP contribution < -0.4 is 4.90 Å². The molecule has 60 heavy (non-hydrogen) atoms. The molecule has 12 rings (SSSR count). The quantitative estimate of drug-likeness (QED) is 0.158. The Balaban J connectivity index is 1.03. The maximum absolute atomic E-state index is 2.48. The molecule has 0 radical (unpaired) electrons. The number of nitrogens with zero attached hydrogens (tertiary/aromatic N) is 1. The highest BCUT2D eigenvalue weighted by Gasteiger charge is 2.36. The van der Waals surface area contributed by atoms with Gasteiger partial charge in [0.25, 0.3) is 0 Å². The number of anilines is 3. The maximum atomic E-state index is 2.48. The first-order chi connectivity index (χ1) is 29.5. The van der Waals surface area contributed by atoms with Crippen molar-refractivity contribution in [3.05, 3.63) is 223 Å². The van der Waals surface area contributed by atoms with Crippen molar-refractivity contribution in [2.24, 2.45) is 0 Å². The molecule has 1 heteroatoms. The molecule has 0 unspecified atom stereocenters. The third-order valence-corrected chi connectivity index (χ3v) is 13.2. The Labute approximate surface area is 350 Å². The molecule has 0 saturated heterocycles. The predicted molar refractivity (Wildman–Crippen MR) is 257 cm³/mol. The zero-order valence-corrected chi connectivity index (χ0v) is 33.7. The van der Waals surface area contributed by atoms with Gasteiger partial charge in [-0.1, -0.05) is 178 Å². The summed E-state index contributed by atoms with van der Waals surface area (Å²) in [4.78, 5) is 2.42. The molecule has 0 saturated carbocycles. The molecule has 0 bridgehead atoms. The largest absolute Gasteiger partial charge is 0.310 e. The van der Waals surface area contributed by atoms with E-state index >= 15 is 0 Å². The lowest BCUT2D eigenvalue weighted by Gasteiger charge is -2.29. The molecular weight excluding hydrogens is 723 g/mol. The molecule has 282 valence electrons. The van der Waals surface area contributed by atoms with E-state index in [0.717, 1.165) is 11.4 Å². The average Bonchev–Trinajstić information content (AvgIpc) is 3.53. The van der Waals surface area contributed by atoms with Gasteiger partial charge in [-0.3, -0.25) is 0 Å². The number of benzene rings is 11. The summed E-state index contributed by atoms with van der Waals surface area (Å²) in [5, 5.41) is 12.7. The fraction of sp³-hybridized carbons (Fsp3) is 0.0508. The van der Waals surface area contributed by atoms with E-state index in [-0.39, 0.29) is 5.41 Å². The molecule has 0 fully saturated rings. The van der Waals surface area contributed by atoms with Crippen molar-refractivity contribution in [3.63, 3.8) is 0 Å². The summed E-state index contributed by atoms with van der Waals surface area (Å²) >= 11 is 0. The van der Waals surface area contributed by atoms with Crippen molar-refractivity contribution in [2.75, 3.05) is 4.90 Å². The van der Waals surface area contributed by atoms with E-state index in [4.69, 9.17) is 0 Å². The third-order valence-electron chi connectivity index (χ3n) is 13.2. The van der Waals surface area contributed by atoms with Crippen molar-refractivity contribution >= 4 is 70.9 Å². The lowest BCUT2D eigenvalue weighted by atomic mass is 9.81. The topological polar surface area (TPSA) is 3.24 Å². The number of rotatable bonds is 5. The van der Waals surface area contributed by atoms with E-state index in [9.17, 15) is 0 Å². The number of hydrogen-bond donors (Lipinski definition) is 0. The summed E-state index contributed by atoms with van der Waals surface area (Å²) < 4.78 is 0. The molecule has 1 nitrogen and oxygen atoms in total. The molecule has 0 aromatic heterocycles. The fourth-order valence-electron chi connectivity index (χ4n) is 10.3. The Morgan fingerprint density at radius 1 is 0.317 bits per heavy atom. The standard InChI is InChI=1S/C59H41N/c1-59(2)55-36-40(30-32-49(55)50-33-31-43(37-56(50)59)60(42-20-4-3-5-21-42)57-29-15-19-39-17-7-9-23-45(39)57)53-34-41-35-54(46-28-14-18-38-16-6-8-22-44(38)46)48-25-11-13-27-52(48)58(41)51-26-12-10-24-47(51)53/h3-37H,1-2H3. The van der Waals surface area contributed by atoms with Gasteiger partial charge in [0.2, 0.25) is 0 Å². The number of para-hydroxylation sites is 1.